The monoisotopic (exact) mass is 239 g/mol. The van der Waals surface area contributed by atoms with Crippen LogP contribution in [0.3, 0.4) is 0 Å². The van der Waals surface area contributed by atoms with E-state index in [1.165, 1.54) is 12.8 Å². The summed E-state index contributed by atoms with van der Waals surface area (Å²) in [5, 5.41) is 0. The van der Waals surface area contributed by atoms with E-state index in [0.29, 0.717) is 0 Å². The molecule has 2 unspecified atom stereocenters. The Bertz CT molecular complexity index is 309. The Hall–Kier alpha value is -0.800. The SMILES string of the molecule is CCCCCOC(c1ccc(C)o1)C(N)CC. The predicted molar refractivity (Wildman–Crippen MR) is 69.9 cm³/mol. The molecule has 0 bridgehead atoms. The van der Waals surface area contributed by atoms with Crippen molar-refractivity contribution in [3.05, 3.63) is 23.7 Å². The van der Waals surface area contributed by atoms with E-state index >= 15 is 0 Å². The summed E-state index contributed by atoms with van der Waals surface area (Å²) in [6, 6.07) is 3.93. The largest absolute Gasteiger partial charge is 0.464 e. The van der Waals surface area contributed by atoms with Crippen molar-refractivity contribution in [2.45, 2.75) is 58.6 Å². The number of furan rings is 1. The second-order valence-corrected chi connectivity index (χ2v) is 4.52. The first kappa shape index (κ1) is 14.3. The molecule has 2 atom stereocenters. The Morgan fingerprint density at radius 3 is 2.59 bits per heavy atom. The molecule has 0 amide bonds. The Kier molecular flexibility index (Phi) is 6.30. The zero-order chi connectivity index (χ0) is 12.7. The molecule has 0 fully saturated rings. The molecule has 0 aliphatic rings. The van der Waals surface area contributed by atoms with Crippen LogP contribution in [0.1, 0.15) is 57.2 Å². The van der Waals surface area contributed by atoms with Gasteiger partial charge >= 0.3 is 0 Å². The van der Waals surface area contributed by atoms with E-state index in [2.05, 4.69) is 13.8 Å². The van der Waals surface area contributed by atoms with Gasteiger partial charge in [-0.1, -0.05) is 26.7 Å². The molecule has 0 spiro atoms. The second-order valence-electron chi connectivity index (χ2n) is 4.52. The highest BCUT2D eigenvalue weighted by Gasteiger charge is 2.22. The molecule has 1 aromatic rings. The second kappa shape index (κ2) is 7.51. The van der Waals surface area contributed by atoms with Crippen LogP contribution in [0.2, 0.25) is 0 Å². The Balaban J connectivity index is 2.55. The first-order valence-corrected chi connectivity index (χ1v) is 6.62. The van der Waals surface area contributed by atoms with E-state index in [1.807, 2.05) is 19.1 Å². The van der Waals surface area contributed by atoms with Crippen molar-refractivity contribution in [3.63, 3.8) is 0 Å². The minimum Gasteiger partial charge on any atom is -0.464 e. The number of unbranched alkanes of at least 4 members (excludes halogenated alkanes) is 2. The number of ether oxygens (including phenoxy) is 1. The summed E-state index contributed by atoms with van der Waals surface area (Å²) in [6.45, 7) is 6.95. The first-order chi connectivity index (χ1) is 8.19. The summed E-state index contributed by atoms with van der Waals surface area (Å²) < 4.78 is 11.5. The third kappa shape index (κ3) is 4.52. The van der Waals surface area contributed by atoms with Crippen LogP contribution in [0.15, 0.2) is 16.5 Å². The van der Waals surface area contributed by atoms with Crippen molar-refractivity contribution in [1.82, 2.24) is 0 Å². The number of rotatable bonds is 8. The molecule has 1 heterocycles. The van der Waals surface area contributed by atoms with Gasteiger partial charge in [-0.05, 0) is 31.9 Å². The van der Waals surface area contributed by atoms with E-state index in [4.69, 9.17) is 14.9 Å². The molecule has 17 heavy (non-hydrogen) atoms. The van der Waals surface area contributed by atoms with Crippen LogP contribution in [0.5, 0.6) is 0 Å². The van der Waals surface area contributed by atoms with Gasteiger partial charge in [-0.3, -0.25) is 0 Å². The molecule has 0 aromatic carbocycles. The smallest absolute Gasteiger partial charge is 0.134 e. The Morgan fingerprint density at radius 1 is 1.29 bits per heavy atom. The van der Waals surface area contributed by atoms with E-state index in [-0.39, 0.29) is 12.1 Å². The van der Waals surface area contributed by atoms with Crippen molar-refractivity contribution in [2.75, 3.05) is 6.61 Å². The normalized spacial score (nSPS) is 14.8. The number of hydrogen-bond acceptors (Lipinski definition) is 3. The van der Waals surface area contributed by atoms with Crippen molar-refractivity contribution < 1.29 is 9.15 Å². The summed E-state index contributed by atoms with van der Waals surface area (Å²) in [5.41, 5.74) is 6.09. The quantitative estimate of drug-likeness (QED) is 0.705. The van der Waals surface area contributed by atoms with Gasteiger partial charge in [-0.2, -0.15) is 0 Å². The van der Waals surface area contributed by atoms with Gasteiger partial charge in [0.05, 0.1) is 0 Å². The number of hydrogen-bond donors (Lipinski definition) is 1. The van der Waals surface area contributed by atoms with E-state index in [9.17, 15) is 0 Å². The molecular weight excluding hydrogens is 214 g/mol. The summed E-state index contributed by atoms with van der Waals surface area (Å²) in [4.78, 5) is 0. The average Bonchev–Trinajstić information content (AvgIpc) is 2.75. The predicted octanol–water partition coefficient (Wildman–Crippen LogP) is 3.57. The van der Waals surface area contributed by atoms with Crippen molar-refractivity contribution >= 4 is 0 Å². The molecule has 98 valence electrons. The average molecular weight is 239 g/mol. The molecule has 1 aromatic heterocycles. The molecule has 3 nitrogen and oxygen atoms in total. The summed E-state index contributed by atoms with van der Waals surface area (Å²) in [5.74, 6) is 1.76. The van der Waals surface area contributed by atoms with Gasteiger partial charge in [-0.15, -0.1) is 0 Å². The van der Waals surface area contributed by atoms with Gasteiger partial charge in [0.1, 0.15) is 17.6 Å². The van der Waals surface area contributed by atoms with Crippen LogP contribution in [-0.4, -0.2) is 12.6 Å². The Labute approximate surface area is 104 Å². The number of aryl methyl sites for hydroxylation is 1. The standard InChI is InChI=1S/C14H25NO2/c1-4-6-7-10-16-14(12(15)5-2)13-9-8-11(3)17-13/h8-9,12,14H,4-7,10,15H2,1-3H3. The molecule has 0 aliphatic carbocycles. The zero-order valence-corrected chi connectivity index (χ0v) is 11.2. The first-order valence-electron chi connectivity index (χ1n) is 6.62. The highest BCUT2D eigenvalue weighted by Crippen LogP contribution is 2.24. The molecular formula is C14H25NO2. The van der Waals surface area contributed by atoms with Gasteiger partial charge in [0.15, 0.2) is 0 Å². The Morgan fingerprint density at radius 2 is 2.06 bits per heavy atom. The molecule has 0 radical (unpaired) electrons. The topological polar surface area (TPSA) is 48.4 Å². The maximum Gasteiger partial charge on any atom is 0.134 e. The maximum atomic E-state index is 6.09. The zero-order valence-electron chi connectivity index (χ0n) is 11.2. The van der Waals surface area contributed by atoms with Crippen LogP contribution in [0.4, 0.5) is 0 Å². The summed E-state index contributed by atoms with van der Waals surface area (Å²) >= 11 is 0. The van der Waals surface area contributed by atoms with Crippen LogP contribution in [0, 0.1) is 6.92 Å². The minimum atomic E-state index is -0.106. The highest BCUT2D eigenvalue weighted by atomic mass is 16.5. The number of nitrogens with two attached hydrogens (primary N) is 1. The van der Waals surface area contributed by atoms with Gasteiger partial charge in [0.25, 0.3) is 0 Å². The fourth-order valence-corrected chi connectivity index (χ4v) is 1.80. The van der Waals surface area contributed by atoms with Crippen LogP contribution >= 0.6 is 0 Å². The summed E-state index contributed by atoms with van der Waals surface area (Å²) in [7, 11) is 0. The lowest BCUT2D eigenvalue weighted by molar-refractivity contribution is 0.0167. The van der Waals surface area contributed by atoms with Crippen LogP contribution in [0.25, 0.3) is 0 Å². The molecule has 0 aliphatic heterocycles. The molecule has 0 saturated carbocycles. The maximum absolute atomic E-state index is 6.09. The van der Waals surface area contributed by atoms with E-state index in [1.54, 1.807) is 0 Å². The fourth-order valence-electron chi connectivity index (χ4n) is 1.80. The fraction of sp³-hybridized carbons (Fsp3) is 0.714. The lowest BCUT2D eigenvalue weighted by Gasteiger charge is -2.21. The van der Waals surface area contributed by atoms with Crippen LogP contribution in [-0.2, 0) is 4.74 Å². The molecule has 1 rings (SSSR count). The van der Waals surface area contributed by atoms with Gasteiger partial charge in [0, 0.05) is 12.6 Å². The highest BCUT2D eigenvalue weighted by molar-refractivity contribution is 5.10. The molecule has 3 heteroatoms. The minimum absolute atomic E-state index is 0.00202. The van der Waals surface area contributed by atoms with Crippen LogP contribution < -0.4 is 5.73 Å². The third-order valence-electron chi connectivity index (χ3n) is 2.95. The lowest BCUT2D eigenvalue weighted by Crippen LogP contribution is -2.29. The lowest BCUT2D eigenvalue weighted by atomic mass is 10.1. The molecule has 0 saturated heterocycles. The van der Waals surface area contributed by atoms with Gasteiger partial charge < -0.3 is 14.9 Å². The van der Waals surface area contributed by atoms with Gasteiger partial charge in [0.2, 0.25) is 0 Å². The third-order valence-corrected chi connectivity index (χ3v) is 2.95. The van der Waals surface area contributed by atoms with Crippen molar-refractivity contribution in [3.8, 4) is 0 Å². The van der Waals surface area contributed by atoms with Crippen molar-refractivity contribution in [1.29, 1.82) is 0 Å². The molecule has 2 N–H and O–H groups in total. The van der Waals surface area contributed by atoms with Gasteiger partial charge in [-0.25, -0.2) is 0 Å². The van der Waals surface area contributed by atoms with Crippen molar-refractivity contribution in [2.24, 2.45) is 5.73 Å². The summed E-state index contributed by atoms with van der Waals surface area (Å²) in [6.07, 6.45) is 4.27. The van der Waals surface area contributed by atoms with E-state index < -0.39 is 0 Å². The van der Waals surface area contributed by atoms with E-state index in [0.717, 1.165) is 31.0 Å².